The Morgan fingerprint density at radius 1 is 1.35 bits per heavy atom. The molecule has 0 aliphatic carbocycles. The van der Waals surface area contributed by atoms with Crippen molar-refractivity contribution in [3.63, 3.8) is 0 Å². The predicted octanol–water partition coefficient (Wildman–Crippen LogP) is 3.12. The van der Waals surface area contributed by atoms with Crippen LogP contribution < -0.4 is 9.64 Å². The molecule has 0 aromatic heterocycles. The van der Waals surface area contributed by atoms with Crippen LogP contribution in [0.3, 0.4) is 0 Å². The third kappa shape index (κ3) is 3.74. The second-order valence-corrected chi connectivity index (χ2v) is 6.46. The van der Waals surface area contributed by atoms with E-state index < -0.39 is 17.2 Å². The van der Waals surface area contributed by atoms with Gasteiger partial charge in [0.25, 0.3) is 0 Å². The van der Waals surface area contributed by atoms with E-state index >= 15 is 0 Å². The lowest BCUT2D eigenvalue weighted by Gasteiger charge is -2.36. The van der Waals surface area contributed by atoms with Crippen LogP contribution in [0.5, 0.6) is 5.75 Å². The third-order valence-corrected chi connectivity index (χ3v) is 3.54. The van der Waals surface area contributed by atoms with E-state index in [1.165, 1.54) is 4.90 Å². The smallest absolute Gasteiger partial charge is 0.416 e. The van der Waals surface area contributed by atoms with Gasteiger partial charge in [-0.05, 0) is 45.0 Å². The minimum atomic E-state index is -1.06. The van der Waals surface area contributed by atoms with Crippen molar-refractivity contribution < 1.29 is 19.0 Å². The lowest BCUT2D eigenvalue weighted by Crippen LogP contribution is -2.53. The van der Waals surface area contributed by atoms with Crippen LogP contribution in [-0.4, -0.2) is 37.6 Å². The van der Waals surface area contributed by atoms with E-state index in [1.54, 1.807) is 52.1 Å². The van der Waals surface area contributed by atoms with Gasteiger partial charge in [-0.1, -0.05) is 0 Å². The minimum absolute atomic E-state index is 0.161. The number of carbonyl (C=O) groups is 1. The molecule has 124 valence electrons. The van der Waals surface area contributed by atoms with Crippen molar-refractivity contribution >= 4 is 11.8 Å². The molecule has 1 heterocycles. The fraction of sp³-hybridized carbons (Fsp3) is 0.529. The van der Waals surface area contributed by atoms with Crippen LogP contribution in [0.4, 0.5) is 10.5 Å². The summed E-state index contributed by atoms with van der Waals surface area (Å²) in [6, 6.07) is 9.20. The van der Waals surface area contributed by atoms with Crippen molar-refractivity contribution in [1.82, 2.24) is 0 Å². The second-order valence-electron chi connectivity index (χ2n) is 6.46. The van der Waals surface area contributed by atoms with Gasteiger partial charge in [-0.3, -0.25) is 4.90 Å². The average Bonchev–Trinajstić information content (AvgIpc) is 2.96. The number of carbonyl (C=O) groups excluding carboxylic acids is 1. The molecule has 1 aromatic carbocycles. The van der Waals surface area contributed by atoms with Gasteiger partial charge in [0.05, 0.1) is 26.4 Å². The zero-order valence-electron chi connectivity index (χ0n) is 14.0. The van der Waals surface area contributed by atoms with Crippen LogP contribution in [0.25, 0.3) is 0 Å². The van der Waals surface area contributed by atoms with E-state index in [2.05, 4.69) is 6.07 Å². The first kappa shape index (κ1) is 17.1. The standard InChI is InChI=1S/C17H22N2O4/c1-16(2,3)23-15(20)19(17(11-18)9-10-22-12-17)13-5-7-14(21-4)8-6-13/h5-8H,9-10,12H2,1-4H3. The fourth-order valence-electron chi connectivity index (χ4n) is 2.43. The Morgan fingerprint density at radius 3 is 2.43 bits per heavy atom. The number of ether oxygens (including phenoxy) is 3. The molecule has 1 amide bonds. The van der Waals surface area contributed by atoms with Crippen LogP contribution >= 0.6 is 0 Å². The van der Waals surface area contributed by atoms with Gasteiger partial charge in [0.1, 0.15) is 11.4 Å². The Kier molecular flexibility index (Phi) is 4.81. The summed E-state index contributed by atoms with van der Waals surface area (Å²) in [5, 5.41) is 9.69. The Morgan fingerprint density at radius 2 is 2.00 bits per heavy atom. The molecule has 1 aromatic rings. The van der Waals surface area contributed by atoms with Gasteiger partial charge in [-0.25, -0.2) is 4.79 Å². The number of nitriles is 1. The lowest BCUT2D eigenvalue weighted by molar-refractivity contribution is 0.0544. The number of hydrogen-bond donors (Lipinski definition) is 0. The highest BCUT2D eigenvalue weighted by atomic mass is 16.6. The first-order chi connectivity index (χ1) is 10.8. The molecule has 1 saturated heterocycles. The van der Waals surface area contributed by atoms with Crippen molar-refractivity contribution in [2.45, 2.75) is 38.3 Å². The summed E-state index contributed by atoms with van der Waals surface area (Å²) in [6.07, 6.45) is -0.121. The maximum absolute atomic E-state index is 12.7. The van der Waals surface area contributed by atoms with Crippen molar-refractivity contribution in [2.75, 3.05) is 25.2 Å². The lowest BCUT2D eigenvalue weighted by atomic mass is 9.97. The molecule has 0 N–H and O–H groups in total. The van der Waals surface area contributed by atoms with Crippen molar-refractivity contribution in [3.8, 4) is 11.8 Å². The highest BCUT2D eigenvalue weighted by molar-refractivity contribution is 5.90. The highest BCUT2D eigenvalue weighted by Gasteiger charge is 2.46. The van der Waals surface area contributed by atoms with Crippen molar-refractivity contribution in [2.24, 2.45) is 0 Å². The van der Waals surface area contributed by atoms with E-state index in [1.807, 2.05) is 0 Å². The zero-order chi connectivity index (χ0) is 17.1. The molecule has 2 rings (SSSR count). The first-order valence-electron chi connectivity index (χ1n) is 7.47. The SMILES string of the molecule is COc1ccc(N(C(=O)OC(C)(C)C)C2(C#N)CCOC2)cc1. The van der Waals surface area contributed by atoms with E-state index in [0.717, 1.165) is 0 Å². The van der Waals surface area contributed by atoms with Gasteiger partial charge in [0, 0.05) is 12.1 Å². The number of methoxy groups -OCH3 is 1. The largest absolute Gasteiger partial charge is 0.497 e. The Hall–Kier alpha value is -2.26. The molecule has 1 atom stereocenters. The predicted molar refractivity (Wildman–Crippen MR) is 85.5 cm³/mol. The molecular weight excluding hydrogens is 296 g/mol. The number of nitrogens with zero attached hydrogens (tertiary/aromatic N) is 2. The number of benzene rings is 1. The molecule has 23 heavy (non-hydrogen) atoms. The Balaban J connectivity index is 2.42. The Bertz CT molecular complexity index is 593. The second kappa shape index (κ2) is 6.47. The van der Waals surface area contributed by atoms with E-state index in [9.17, 15) is 10.1 Å². The maximum atomic E-state index is 12.7. The van der Waals surface area contributed by atoms with Crippen LogP contribution in [0.2, 0.25) is 0 Å². The molecule has 0 radical (unpaired) electrons. The number of amides is 1. The monoisotopic (exact) mass is 318 g/mol. The number of hydrogen-bond acceptors (Lipinski definition) is 5. The minimum Gasteiger partial charge on any atom is -0.497 e. The topological polar surface area (TPSA) is 71.8 Å². The molecule has 0 spiro atoms. The molecule has 0 bridgehead atoms. The summed E-state index contributed by atoms with van der Waals surface area (Å²) in [6.45, 7) is 5.97. The normalized spacial score (nSPS) is 20.7. The van der Waals surface area contributed by atoms with E-state index in [0.29, 0.717) is 24.5 Å². The van der Waals surface area contributed by atoms with Gasteiger partial charge >= 0.3 is 6.09 Å². The van der Waals surface area contributed by atoms with Crippen molar-refractivity contribution in [3.05, 3.63) is 24.3 Å². The number of anilines is 1. The fourth-order valence-corrected chi connectivity index (χ4v) is 2.43. The summed E-state index contributed by atoms with van der Waals surface area (Å²) in [7, 11) is 1.57. The highest BCUT2D eigenvalue weighted by Crippen LogP contribution is 2.33. The third-order valence-electron chi connectivity index (χ3n) is 3.54. The van der Waals surface area contributed by atoms with Gasteiger partial charge in [0.15, 0.2) is 5.54 Å². The quantitative estimate of drug-likeness (QED) is 0.856. The van der Waals surface area contributed by atoms with Crippen LogP contribution in [0.1, 0.15) is 27.2 Å². The summed E-state index contributed by atoms with van der Waals surface area (Å²) >= 11 is 0. The van der Waals surface area contributed by atoms with Gasteiger partial charge in [0.2, 0.25) is 0 Å². The summed E-state index contributed by atoms with van der Waals surface area (Å²) < 4.78 is 16.0. The summed E-state index contributed by atoms with van der Waals surface area (Å²) in [5.74, 6) is 0.673. The summed E-state index contributed by atoms with van der Waals surface area (Å²) in [5.41, 5.74) is -1.14. The van der Waals surface area contributed by atoms with E-state index in [-0.39, 0.29) is 6.61 Å². The average molecular weight is 318 g/mol. The van der Waals surface area contributed by atoms with Crippen LogP contribution in [0, 0.1) is 11.3 Å². The number of rotatable bonds is 3. The molecule has 6 heteroatoms. The van der Waals surface area contributed by atoms with Crippen molar-refractivity contribution in [1.29, 1.82) is 5.26 Å². The van der Waals surface area contributed by atoms with Crippen LogP contribution in [-0.2, 0) is 9.47 Å². The maximum Gasteiger partial charge on any atom is 0.416 e. The molecule has 0 saturated carbocycles. The molecule has 1 aliphatic heterocycles. The first-order valence-corrected chi connectivity index (χ1v) is 7.47. The van der Waals surface area contributed by atoms with Crippen LogP contribution in [0.15, 0.2) is 24.3 Å². The summed E-state index contributed by atoms with van der Waals surface area (Å²) in [4.78, 5) is 14.1. The van der Waals surface area contributed by atoms with E-state index in [4.69, 9.17) is 14.2 Å². The molecule has 1 aliphatic rings. The molecule has 1 fully saturated rings. The molecular formula is C17H22N2O4. The van der Waals surface area contributed by atoms with Gasteiger partial charge in [-0.2, -0.15) is 5.26 Å². The molecule has 1 unspecified atom stereocenters. The Labute approximate surface area is 136 Å². The van der Waals surface area contributed by atoms with Gasteiger partial charge < -0.3 is 14.2 Å². The zero-order valence-corrected chi connectivity index (χ0v) is 14.0. The van der Waals surface area contributed by atoms with Gasteiger partial charge in [-0.15, -0.1) is 0 Å². The molecule has 6 nitrogen and oxygen atoms in total.